The largest absolute Gasteiger partial charge is 0.495 e. The number of carbonyl (C=O) groups excluding carboxylic acids is 1. The van der Waals surface area contributed by atoms with E-state index in [4.69, 9.17) is 4.74 Å². The number of hydrogen-bond acceptors (Lipinski definition) is 6. The van der Waals surface area contributed by atoms with Crippen molar-refractivity contribution < 1.29 is 17.9 Å². The molecule has 3 rings (SSSR count). The third-order valence-corrected chi connectivity index (χ3v) is 5.42. The number of pyridine rings is 1. The Morgan fingerprint density at radius 2 is 2.07 bits per heavy atom. The Labute approximate surface area is 162 Å². The van der Waals surface area contributed by atoms with Gasteiger partial charge >= 0.3 is 0 Å². The summed E-state index contributed by atoms with van der Waals surface area (Å²) in [4.78, 5) is 16.6. The molecule has 0 aliphatic rings. The van der Waals surface area contributed by atoms with Crippen molar-refractivity contribution >= 4 is 15.9 Å². The maximum atomic E-state index is 12.4. The van der Waals surface area contributed by atoms with Crippen molar-refractivity contribution in [2.24, 2.45) is 0 Å². The molecule has 0 aliphatic carbocycles. The van der Waals surface area contributed by atoms with Crippen LogP contribution in [0.25, 0.3) is 5.82 Å². The number of rotatable bonds is 7. The van der Waals surface area contributed by atoms with Crippen molar-refractivity contribution in [1.29, 1.82) is 0 Å². The Morgan fingerprint density at radius 1 is 1.25 bits per heavy atom. The van der Waals surface area contributed by atoms with Crippen LogP contribution in [0.4, 0.5) is 0 Å². The molecule has 1 amide bonds. The van der Waals surface area contributed by atoms with Gasteiger partial charge < -0.3 is 10.1 Å². The van der Waals surface area contributed by atoms with Crippen molar-refractivity contribution in [2.75, 3.05) is 14.2 Å². The zero-order valence-corrected chi connectivity index (χ0v) is 16.1. The van der Waals surface area contributed by atoms with Gasteiger partial charge in [-0.15, -0.1) is 0 Å². The molecule has 28 heavy (non-hydrogen) atoms. The molecule has 0 saturated carbocycles. The Bertz CT molecular complexity index is 1060. The molecule has 2 aromatic heterocycles. The number of sulfonamides is 1. The summed E-state index contributed by atoms with van der Waals surface area (Å²) in [7, 11) is -1.11. The van der Waals surface area contributed by atoms with E-state index in [1.165, 1.54) is 32.4 Å². The van der Waals surface area contributed by atoms with Crippen molar-refractivity contribution in [3.63, 3.8) is 0 Å². The molecule has 2 heterocycles. The number of hydrogen-bond donors (Lipinski definition) is 2. The molecule has 9 nitrogen and oxygen atoms in total. The number of nitrogens with zero attached hydrogens (tertiary/aromatic N) is 3. The quantitative estimate of drug-likeness (QED) is 0.613. The maximum absolute atomic E-state index is 12.4. The Kier molecular flexibility index (Phi) is 5.71. The highest BCUT2D eigenvalue weighted by Crippen LogP contribution is 2.24. The molecule has 0 fully saturated rings. The summed E-state index contributed by atoms with van der Waals surface area (Å²) in [6.45, 7) is 0.241. The van der Waals surface area contributed by atoms with Gasteiger partial charge in [0.05, 0.1) is 7.11 Å². The number of ether oxygens (including phenoxy) is 1. The minimum atomic E-state index is -3.76. The topological polar surface area (TPSA) is 115 Å². The molecule has 10 heteroatoms. The monoisotopic (exact) mass is 401 g/mol. The Hall–Kier alpha value is -3.24. The molecule has 0 atom stereocenters. The summed E-state index contributed by atoms with van der Waals surface area (Å²) in [5, 5.41) is 6.85. The average molecular weight is 401 g/mol. The van der Waals surface area contributed by atoms with Crippen LogP contribution in [0.3, 0.4) is 0 Å². The molecule has 0 unspecified atom stereocenters. The normalized spacial score (nSPS) is 11.2. The number of carbonyl (C=O) groups is 1. The molecule has 1 aromatic carbocycles. The number of aromatic nitrogens is 3. The smallest absolute Gasteiger partial charge is 0.251 e. The van der Waals surface area contributed by atoms with Gasteiger partial charge in [-0.1, -0.05) is 6.07 Å². The van der Waals surface area contributed by atoms with E-state index in [-0.39, 0.29) is 22.8 Å². The molecule has 0 spiro atoms. The van der Waals surface area contributed by atoms with E-state index in [1.54, 1.807) is 35.4 Å². The molecule has 0 bridgehead atoms. The van der Waals surface area contributed by atoms with Crippen molar-refractivity contribution in [2.45, 2.75) is 11.4 Å². The van der Waals surface area contributed by atoms with Gasteiger partial charge in [-0.2, -0.15) is 5.10 Å². The summed E-state index contributed by atoms with van der Waals surface area (Å²) in [5.74, 6) is 0.410. The Morgan fingerprint density at radius 3 is 2.68 bits per heavy atom. The van der Waals surface area contributed by atoms with Crippen molar-refractivity contribution in [1.82, 2.24) is 24.8 Å². The predicted molar refractivity (Wildman–Crippen MR) is 102 cm³/mol. The van der Waals surface area contributed by atoms with Gasteiger partial charge in [0.15, 0.2) is 5.82 Å². The molecule has 2 N–H and O–H groups in total. The molecule has 0 aliphatic heterocycles. The first kappa shape index (κ1) is 19.5. The SMILES string of the molecule is CNS(=O)(=O)c1cc(C(=O)NCc2ccc(-n3cccn3)nc2)ccc1OC. The fraction of sp³-hybridized carbons (Fsp3) is 0.167. The summed E-state index contributed by atoms with van der Waals surface area (Å²) < 4.78 is 33.2. The highest BCUT2D eigenvalue weighted by atomic mass is 32.2. The predicted octanol–water partition coefficient (Wildman–Crippen LogP) is 1.11. The maximum Gasteiger partial charge on any atom is 0.251 e. The third-order valence-electron chi connectivity index (χ3n) is 3.99. The fourth-order valence-corrected chi connectivity index (χ4v) is 3.40. The van der Waals surface area contributed by atoms with Gasteiger partial charge in [-0.3, -0.25) is 4.79 Å². The van der Waals surface area contributed by atoms with Gasteiger partial charge in [-0.05, 0) is 42.9 Å². The van der Waals surface area contributed by atoms with Crippen LogP contribution in [0.1, 0.15) is 15.9 Å². The van der Waals surface area contributed by atoms with E-state index in [9.17, 15) is 13.2 Å². The van der Waals surface area contributed by atoms with Crippen LogP contribution in [0.5, 0.6) is 5.75 Å². The summed E-state index contributed by atoms with van der Waals surface area (Å²) in [5.41, 5.74) is 0.997. The molecule has 0 saturated heterocycles. The zero-order valence-electron chi connectivity index (χ0n) is 15.3. The van der Waals surface area contributed by atoms with E-state index in [0.717, 1.165) is 5.56 Å². The lowest BCUT2D eigenvalue weighted by atomic mass is 10.2. The van der Waals surface area contributed by atoms with E-state index >= 15 is 0 Å². The van der Waals surface area contributed by atoms with E-state index in [2.05, 4.69) is 20.1 Å². The van der Waals surface area contributed by atoms with Crippen LogP contribution >= 0.6 is 0 Å². The van der Waals surface area contributed by atoms with Crippen molar-refractivity contribution in [3.8, 4) is 11.6 Å². The zero-order chi connectivity index (χ0) is 20.1. The lowest BCUT2D eigenvalue weighted by molar-refractivity contribution is 0.0950. The van der Waals surface area contributed by atoms with Gasteiger partial charge in [0.1, 0.15) is 10.6 Å². The second-order valence-electron chi connectivity index (χ2n) is 5.73. The molecule has 3 aromatic rings. The van der Waals surface area contributed by atoms with Crippen LogP contribution in [0, 0.1) is 0 Å². The van der Waals surface area contributed by atoms with Gasteiger partial charge in [0, 0.05) is 30.7 Å². The van der Waals surface area contributed by atoms with Crippen molar-refractivity contribution in [3.05, 3.63) is 66.1 Å². The first-order valence-corrected chi connectivity index (χ1v) is 9.77. The number of benzene rings is 1. The van der Waals surface area contributed by atoms with Gasteiger partial charge in [0.2, 0.25) is 10.0 Å². The van der Waals surface area contributed by atoms with E-state index in [0.29, 0.717) is 5.82 Å². The lowest BCUT2D eigenvalue weighted by Gasteiger charge is -2.11. The Balaban J connectivity index is 1.72. The van der Waals surface area contributed by atoms with Gasteiger partial charge in [0.25, 0.3) is 5.91 Å². The fourth-order valence-electron chi connectivity index (χ4n) is 2.48. The number of amides is 1. The molecular formula is C18H19N5O4S. The van der Waals surface area contributed by atoms with Gasteiger partial charge in [-0.25, -0.2) is 22.8 Å². The summed E-state index contributed by atoms with van der Waals surface area (Å²) in [6, 6.07) is 9.64. The van der Waals surface area contributed by atoms with E-state index < -0.39 is 15.9 Å². The summed E-state index contributed by atoms with van der Waals surface area (Å²) >= 11 is 0. The average Bonchev–Trinajstić information content (AvgIpc) is 3.26. The standard InChI is InChI=1S/C18H19N5O4S/c1-19-28(25,26)16-10-14(5-6-15(16)27-2)18(24)21-12-13-4-7-17(20-11-13)23-9-3-8-22-23/h3-11,19H,12H2,1-2H3,(H,21,24). The first-order chi connectivity index (χ1) is 13.4. The highest BCUT2D eigenvalue weighted by Gasteiger charge is 2.20. The lowest BCUT2D eigenvalue weighted by Crippen LogP contribution is -2.24. The first-order valence-electron chi connectivity index (χ1n) is 8.29. The second kappa shape index (κ2) is 8.19. The third kappa shape index (κ3) is 4.18. The summed E-state index contributed by atoms with van der Waals surface area (Å²) in [6.07, 6.45) is 5.08. The van der Waals surface area contributed by atoms with Crippen LogP contribution in [0.2, 0.25) is 0 Å². The highest BCUT2D eigenvalue weighted by molar-refractivity contribution is 7.89. The minimum Gasteiger partial charge on any atom is -0.495 e. The van der Waals surface area contributed by atoms with E-state index in [1.807, 2.05) is 6.07 Å². The van der Waals surface area contributed by atoms with Crippen LogP contribution in [-0.4, -0.2) is 43.2 Å². The number of methoxy groups -OCH3 is 1. The van der Waals surface area contributed by atoms with Crippen LogP contribution in [-0.2, 0) is 16.6 Å². The number of nitrogens with one attached hydrogen (secondary N) is 2. The minimum absolute atomic E-state index is 0.101. The molecular weight excluding hydrogens is 382 g/mol. The molecule has 146 valence electrons. The molecule has 0 radical (unpaired) electrons. The second-order valence-corrected chi connectivity index (χ2v) is 7.59. The van der Waals surface area contributed by atoms with Crippen LogP contribution < -0.4 is 14.8 Å². The van der Waals surface area contributed by atoms with Crippen LogP contribution in [0.15, 0.2) is 59.9 Å².